The van der Waals surface area contributed by atoms with Crippen LogP contribution in [0.5, 0.6) is 11.5 Å². The van der Waals surface area contributed by atoms with Crippen LogP contribution in [0, 0.1) is 12.7 Å². The second-order valence-electron chi connectivity index (χ2n) is 7.20. The molecule has 0 spiro atoms. The Bertz CT molecular complexity index is 1160. The van der Waals surface area contributed by atoms with Gasteiger partial charge in [0.05, 0.1) is 12.7 Å². The van der Waals surface area contributed by atoms with Crippen molar-refractivity contribution in [3.63, 3.8) is 0 Å². The lowest BCUT2D eigenvalue weighted by atomic mass is 10.2. The van der Waals surface area contributed by atoms with Crippen LogP contribution in [-0.2, 0) is 14.3 Å². The van der Waals surface area contributed by atoms with Crippen LogP contribution >= 0.6 is 0 Å². The van der Waals surface area contributed by atoms with Gasteiger partial charge >= 0.3 is 5.97 Å². The molecule has 176 valence electrons. The Morgan fingerprint density at radius 2 is 1.38 bits per heavy atom. The van der Waals surface area contributed by atoms with Crippen LogP contribution in [0.25, 0.3) is 0 Å². The third-order valence-electron chi connectivity index (χ3n) is 4.56. The molecule has 0 aromatic heterocycles. The SMILES string of the molecule is COc1cc(C(=O)OCC(=O)Nc2ccc(C)cc2)ccc1OCC(=O)Nc1ccc(F)cc1. The lowest BCUT2D eigenvalue weighted by Gasteiger charge is -2.12. The summed E-state index contributed by atoms with van der Waals surface area (Å²) >= 11 is 0. The number of aryl methyl sites for hydroxylation is 1. The van der Waals surface area contributed by atoms with Gasteiger partial charge in [-0.25, -0.2) is 9.18 Å². The lowest BCUT2D eigenvalue weighted by molar-refractivity contribution is -0.119. The molecule has 0 aliphatic heterocycles. The monoisotopic (exact) mass is 466 g/mol. The summed E-state index contributed by atoms with van der Waals surface area (Å²) in [6, 6.07) is 16.8. The number of rotatable bonds is 9. The van der Waals surface area contributed by atoms with Crippen LogP contribution in [-0.4, -0.2) is 38.1 Å². The summed E-state index contributed by atoms with van der Waals surface area (Å²) in [6.07, 6.45) is 0. The smallest absolute Gasteiger partial charge is 0.338 e. The summed E-state index contributed by atoms with van der Waals surface area (Å²) < 4.78 is 28.7. The van der Waals surface area contributed by atoms with Crippen molar-refractivity contribution < 1.29 is 33.0 Å². The predicted molar refractivity (Wildman–Crippen MR) is 124 cm³/mol. The molecule has 0 aliphatic rings. The number of esters is 1. The number of carbonyl (C=O) groups is 3. The fraction of sp³-hybridized carbons (Fsp3) is 0.160. The van der Waals surface area contributed by atoms with Gasteiger partial charge in [0.1, 0.15) is 5.82 Å². The van der Waals surface area contributed by atoms with Crippen molar-refractivity contribution in [2.24, 2.45) is 0 Å². The average Bonchev–Trinajstić information content (AvgIpc) is 2.84. The van der Waals surface area contributed by atoms with E-state index in [9.17, 15) is 18.8 Å². The summed E-state index contributed by atoms with van der Waals surface area (Å²) in [4.78, 5) is 36.4. The largest absolute Gasteiger partial charge is 0.493 e. The Balaban J connectivity index is 1.52. The van der Waals surface area contributed by atoms with Crippen molar-refractivity contribution in [3.8, 4) is 11.5 Å². The topological polar surface area (TPSA) is 103 Å². The van der Waals surface area contributed by atoms with Crippen molar-refractivity contribution in [2.75, 3.05) is 31.0 Å². The van der Waals surface area contributed by atoms with Crippen LogP contribution in [0.1, 0.15) is 15.9 Å². The third-order valence-corrected chi connectivity index (χ3v) is 4.56. The van der Waals surface area contributed by atoms with Crippen molar-refractivity contribution in [1.82, 2.24) is 0 Å². The summed E-state index contributed by atoms with van der Waals surface area (Å²) in [7, 11) is 1.38. The number of hydrogen-bond acceptors (Lipinski definition) is 6. The van der Waals surface area contributed by atoms with Gasteiger partial charge in [0.2, 0.25) is 0 Å². The number of carbonyl (C=O) groups excluding carboxylic acids is 3. The van der Waals surface area contributed by atoms with E-state index in [0.29, 0.717) is 11.4 Å². The first-order valence-corrected chi connectivity index (χ1v) is 10.2. The predicted octanol–water partition coefficient (Wildman–Crippen LogP) is 3.96. The summed E-state index contributed by atoms with van der Waals surface area (Å²) in [5, 5.41) is 5.21. The molecule has 0 radical (unpaired) electrons. The van der Waals surface area contributed by atoms with E-state index in [1.54, 1.807) is 12.1 Å². The number of amides is 2. The van der Waals surface area contributed by atoms with E-state index >= 15 is 0 Å². The van der Waals surface area contributed by atoms with Crippen LogP contribution in [0.4, 0.5) is 15.8 Å². The Hall–Kier alpha value is -4.40. The van der Waals surface area contributed by atoms with Gasteiger partial charge in [-0.15, -0.1) is 0 Å². The molecule has 0 unspecified atom stereocenters. The maximum absolute atomic E-state index is 13.0. The van der Waals surface area contributed by atoms with E-state index in [1.807, 2.05) is 19.1 Å². The molecule has 0 atom stereocenters. The van der Waals surface area contributed by atoms with Gasteiger partial charge in [0.15, 0.2) is 24.7 Å². The van der Waals surface area contributed by atoms with Crippen LogP contribution in [0.2, 0.25) is 0 Å². The molecule has 8 nitrogen and oxygen atoms in total. The van der Waals surface area contributed by atoms with Gasteiger partial charge in [-0.05, 0) is 61.5 Å². The minimum Gasteiger partial charge on any atom is -0.493 e. The molecule has 0 saturated heterocycles. The number of hydrogen-bond donors (Lipinski definition) is 2. The number of methoxy groups -OCH3 is 1. The summed E-state index contributed by atoms with van der Waals surface area (Å²) in [5.41, 5.74) is 2.21. The highest BCUT2D eigenvalue weighted by Gasteiger charge is 2.15. The van der Waals surface area contributed by atoms with Crippen LogP contribution in [0.15, 0.2) is 66.7 Å². The first-order valence-electron chi connectivity index (χ1n) is 10.2. The van der Waals surface area contributed by atoms with E-state index in [4.69, 9.17) is 14.2 Å². The molecule has 0 aliphatic carbocycles. The second-order valence-corrected chi connectivity index (χ2v) is 7.20. The molecule has 3 rings (SSSR count). The molecule has 2 amide bonds. The molecule has 0 bridgehead atoms. The Morgan fingerprint density at radius 3 is 2.00 bits per heavy atom. The number of benzene rings is 3. The molecule has 2 N–H and O–H groups in total. The van der Waals surface area contributed by atoms with Gasteiger partial charge in [-0.2, -0.15) is 0 Å². The molecule has 34 heavy (non-hydrogen) atoms. The Morgan fingerprint density at radius 1 is 0.794 bits per heavy atom. The van der Waals surface area contributed by atoms with Gasteiger partial charge in [0, 0.05) is 11.4 Å². The fourth-order valence-electron chi connectivity index (χ4n) is 2.84. The average molecular weight is 466 g/mol. The zero-order valence-electron chi connectivity index (χ0n) is 18.6. The van der Waals surface area contributed by atoms with E-state index in [2.05, 4.69) is 10.6 Å². The van der Waals surface area contributed by atoms with Gasteiger partial charge in [-0.3, -0.25) is 9.59 Å². The molecule has 0 heterocycles. The normalized spacial score (nSPS) is 10.2. The number of halogens is 1. The maximum Gasteiger partial charge on any atom is 0.338 e. The van der Waals surface area contributed by atoms with Gasteiger partial charge in [-0.1, -0.05) is 17.7 Å². The minimum absolute atomic E-state index is 0.142. The molecule has 3 aromatic rings. The first-order chi connectivity index (χ1) is 16.3. The first kappa shape index (κ1) is 24.2. The Labute approximate surface area is 195 Å². The lowest BCUT2D eigenvalue weighted by Crippen LogP contribution is -2.21. The summed E-state index contributed by atoms with van der Waals surface area (Å²) in [5.74, 6) is -1.64. The van der Waals surface area contributed by atoms with Crippen molar-refractivity contribution >= 4 is 29.2 Å². The highest BCUT2D eigenvalue weighted by Crippen LogP contribution is 2.28. The minimum atomic E-state index is -0.724. The van der Waals surface area contributed by atoms with Gasteiger partial charge < -0.3 is 24.8 Å². The highest BCUT2D eigenvalue weighted by molar-refractivity contribution is 5.96. The van der Waals surface area contributed by atoms with Crippen LogP contribution < -0.4 is 20.1 Å². The number of ether oxygens (including phenoxy) is 3. The maximum atomic E-state index is 13.0. The Kier molecular flexibility index (Phi) is 8.17. The molecular weight excluding hydrogens is 443 g/mol. The molecule has 3 aromatic carbocycles. The van der Waals surface area contributed by atoms with Gasteiger partial charge in [0.25, 0.3) is 11.8 Å². The standard InChI is InChI=1S/C25H23FN2O6/c1-16-3-8-19(9-4-16)27-24(30)15-34-25(31)17-5-12-21(22(13-17)32-2)33-14-23(29)28-20-10-6-18(26)7-11-20/h3-13H,14-15H2,1-2H3,(H,27,30)(H,28,29). The van der Waals surface area contributed by atoms with E-state index in [0.717, 1.165) is 5.56 Å². The number of nitrogens with one attached hydrogen (secondary N) is 2. The van der Waals surface area contributed by atoms with E-state index < -0.39 is 30.2 Å². The molecular formula is C25H23FN2O6. The third kappa shape index (κ3) is 7.06. The quantitative estimate of drug-likeness (QED) is 0.463. The summed E-state index contributed by atoms with van der Waals surface area (Å²) in [6.45, 7) is 1.13. The van der Waals surface area contributed by atoms with Crippen molar-refractivity contribution in [1.29, 1.82) is 0 Å². The zero-order valence-corrected chi connectivity index (χ0v) is 18.6. The van der Waals surface area contributed by atoms with Crippen molar-refractivity contribution in [3.05, 3.63) is 83.7 Å². The second kappa shape index (κ2) is 11.5. The fourth-order valence-corrected chi connectivity index (χ4v) is 2.84. The molecule has 9 heteroatoms. The zero-order chi connectivity index (χ0) is 24.5. The molecule has 0 saturated carbocycles. The van der Waals surface area contributed by atoms with E-state index in [1.165, 1.54) is 49.6 Å². The highest BCUT2D eigenvalue weighted by atomic mass is 19.1. The van der Waals surface area contributed by atoms with E-state index in [-0.39, 0.29) is 23.7 Å². The number of anilines is 2. The van der Waals surface area contributed by atoms with Crippen LogP contribution in [0.3, 0.4) is 0 Å². The van der Waals surface area contributed by atoms with Crippen molar-refractivity contribution in [2.45, 2.75) is 6.92 Å². The molecule has 0 fully saturated rings.